The lowest BCUT2D eigenvalue weighted by atomic mass is 10.1. The molecule has 0 aliphatic carbocycles. The minimum Gasteiger partial charge on any atom is -0.497 e. The largest absolute Gasteiger partial charge is 0.497 e. The second-order valence-corrected chi connectivity index (χ2v) is 7.69. The van der Waals surface area contributed by atoms with Crippen molar-refractivity contribution in [2.75, 3.05) is 19.8 Å². The van der Waals surface area contributed by atoms with E-state index >= 15 is 0 Å². The van der Waals surface area contributed by atoms with Crippen LogP contribution in [0.15, 0.2) is 116 Å². The Morgan fingerprint density at radius 2 is 1.49 bits per heavy atom. The Hall–Kier alpha value is -3.82. The third kappa shape index (κ3) is 12.9. The Morgan fingerprint density at radius 1 is 0.771 bits per heavy atom. The monoisotopic (exact) mass is 468 g/mol. The Bertz CT molecular complexity index is 1060. The standard InChI is InChI=1S/C19H20O2.C13H16O/c1-2-13-20-14-7-11-17-10-6-12-19(15-17)21-16-18-8-4-3-5-9-18;1-3-9-14-10-5-8-13-7-4-6-12(2)11-13/h2-12,15H,1,13-14,16H2;3-9,11H,10H2,1-2H3/b11-7+;8-5+,9-3+. The minimum atomic E-state index is 0.574. The van der Waals surface area contributed by atoms with Gasteiger partial charge in [0.25, 0.3) is 0 Å². The molecule has 35 heavy (non-hydrogen) atoms. The summed E-state index contributed by atoms with van der Waals surface area (Å²) in [4.78, 5) is 0. The Morgan fingerprint density at radius 3 is 2.20 bits per heavy atom. The highest BCUT2D eigenvalue weighted by Gasteiger charge is 1.96. The van der Waals surface area contributed by atoms with Gasteiger partial charge in [-0.15, -0.1) is 6.58 Å². The maximum atomic E-state index is 5.80. The number of hydrogen-bond donors (Lipinski definition) is 0. The summed E-state index contributed by atoms with van der Waals surface area (Å²) >= 11 is 0. The molecule has 0 aliphatic rings. The molecule has 0 bridgehead atoms. The molecule has 0 saturated heterocycles. The number of ether oxygens (including phenoxy) is 3. The van der Waals surface area contributed by atoms with Crippen LogP contribution in [0.25, 0.3) is 12.2 Å². The van der Waals surface area contributed by atoms with Gasteiger partial charge in [-0.3, -0.25) is 0 Å². The van der Waals surface area contributed by atoms with Crippen molar-refractivity contribution in [1.82, 2.24) is 0 Å². The Labute approximate surface area is 210 Å². The van der Waals surface area contributed by atoms with Crippen molar-refractivity contribution in [1.29, 1.82) is 0 Å². The van der Waals surface area contributed by atoms with Gasteiger partial charge in [0.1, 0.15) is 19.0 Å². The number of allylic oxidation sites excluding steroid dienone is 1. The molecule has 0 heterocycles. The number of rotatable bonds is 12. The van der Waals surface area contributed by atoms with Gasteiger partial charge in [0.05, 0.1) is 19.5 Å². The summed E-state index contributed by atoms with van der Waals surface area (Å²) in [6, 6.07) is 26.5. The molecule has 0 spiro atoms. The SMILES string of the molecule is C/C=C/OC/C=C/c1cccc(C)c1.C=CCOC/C=C/c1cccc(OCc2ccccc2)c1. The normalized spacial score (nSPS) is 10.9. The first-order chi connectivity index (χ1) is 17.2. The summed E-state index contributed by atoms with van der Waals surface area (Å²) < 4.78 is 16.3. The van der Waals surface area contributed by atoms with Crippen LogP contribution in [0.4, 0.5) is 0 Å². The highest BCUT2D eigenvalue weighted by Crippen LogP contribution is 2.16. The van der Waals surface area contributed by atoms with Crippen LogP contribution in [0.3, 0.4) is 0 Å². The number of hydrogen-bond acceptors (Lipinski definition) is 3. The van der Waals surface area contributed by atoms with Gasteiger partial charge in [0.15, 0.2) is 0 Å². The molecule has 0 fully saturated rings. The third-order valence-corrected chi connectivity index (χ3v) is 4.64. The van der Waals surface area contributed by atoms with Gasteiger partial charge in [-0.2, -0.15) is 0 Å². The lowest BCUT2D eigenvalue weighted by Crippen LogP contribution is -1.95. The molecular formula is C32H36O3. The first-order valence-corrected chi connectivity index (χ1v) is 11.8. The zero-order valence-corrected chi connectivity index (χ0v) is 20.8. The van der Waals surface area contributed by atoms with Gasteiger partial charge >= 0.3 is 0 Å². The van der Waals surface area contributed by atoms with Crippen LogP contribution in [-0.2, 0) is 16.1 Å². The molecule has 3 nitrogen and oxygen atoms in total. The van der Waals surface area contributed by atoms with Gasteiger partial charge in [-0.25, -0.2) is 0 Å². The van der Waals surface area contributed by atoms with Gasteiger partial charge < -0.3 is 14.2 Å². The van der Waals surface area contributed by atoms with E-state index < -0.39 is 0 Å². The van der Waals surface area contributed by atoms with E-state index in [-0.39, 0.29) is 0 Å². The highest BCUT2D eigenvalue weighted by atomic mass is 16.5. The van der Waals surface area contributed by atoms with E-state index in [0.29, 0.717) is 26.4 Å². The second kappa shape index (κ2) is 17.6. The van der Waals surface area contributed by atoms with E-state index in [4.69, 9.17) is 14.2 Å². The molecule has 0 radical (unpaired) electrons. The van der Waals surface area contributed by atoms with Crippen molar-refractivity contribution < 1.29 is 14.2 Å². The van der Waals surface area contributed by atoms with Crippen molar-refractivity contribution in [2.24, 2.45) is 0 Å². The van der Waals surface area contributed by atoms with E-state index in [9.17, 15) is 0 Å². The molecule has 3 rings (SSSR count). The van der Waals surface area contributed by atoms with Gasteiger partial charge in [-0.05, 0) is 48.7 Å². The van der Waals surface area contributed by atoms with E-state index in [1.165, 1.54) is 11.1 Å². The molecule has 0 aliphatic heterocycles. The van der Waals surface area contributed by atoms with Crippen LogP contribution in [0, 0.1) is 6.92 Å². The fraction of sp³-hybridized carbons (Fsp3) is 0.188. The van der Waals surface area contributed by atoms with Crippen molar-refractivity contribution in [2.45, 2.75) is 20.5 Å². The molecule has 3 aromatic carbocycles. The maximum absolute atomic E-state index is 5.80. The molecule has 0 N–H and O–H groups in total. The van der Waals surface area contributed by atoms with Crippen molar-refractivity contribution in [3.05, 3.63) is 138 Å². The summed E-state index contributed by atoms with van der Waals surface area (Å²) in [5, 5.41) is 0. The van der Waals surface area contributed by atoms with Crippen LogP contribution >= 0.6 is 0 Å². The molecular weight excluding hydrogens is 432 g/mol. The molecule has 3 heteroatoms. The fourth-order valence-corrected chi connectivity index (χ4v) is 3.02. The first kappa shape index (κ1) is 27.4. The zero-order chi connectivity index (χ0) is 25.0. The van der Waals surface area contributed by atoms with Crippen LogP contribution < -0.4 is 4.74 Å². The summed E-state index contributed by atoms with van der Waals surface area (Å²) in [7, 11) is 0. The molecule has 0 unspecified atom stereocenters. The first-order valence-electron chi connectivity index (χ1n) is 11.8. The third-order valence-electron chi connectivity index (χ3n) is 4.64. The topological polar surface area (TPSA) is 27.7 Å². The van der Waals surface area contributed by atoms with Crippen molar-refractivity contribution in [3.8, 4) is 5.75 Å². The average Bonchev–Trinajstić information content (AvgIpc) is 2.89. The Balaban J connectivity index is 0.000000269. The molecule has 3 aromatic rings. The predicted molar refractivity (Wildman–Crippen MR) is 148 cm³/mol. The van der Waals surface area contributed by atoms with E-state index in [2.05, 4.69) is 56.0 Å². The Kier molecular flexibility index (Phi) is 13.8. The number of aryl methyl sites for hydroxylation is 1. The fourth-order valence-electron chi connectivity index (χ4n) is 3.02. The van der Waals surface area contributed by atoms with Crippen LogP contribution in [0.2, 0.25) is 0 Å². The second-order valence-electron chi connectivity index (χ2n) is 7.69. The van der Waals surface area contributed by atoms with E-state index in [1.54, 1.807) is 12.3 Å². The summed E-state index contributed by atoms with van der Waals surface area (Å²) in [5.41, 5.74) is 4.76. The molecule has 182 valence electrons. The summed E-state index contributed by atoms with van der Waals surface area (Å²) in [5.74, 6) is 0.869. The number of benzene rings is 3. The summed E-state index contributed by atoms with van der Waals surface area (Å²) in [6.07, 6.45) is 13.4. The predicted octanol–water partition coefficient (Wildman–Crippen LogP) is 8.04. The van der Waals surface area contributed by atoms with Gasteiger partial charge in [0, 0.05) is 0 Å². The van der Waals surface area contributed by atoms with Crippen LogP contribution in [0.5, 0.6) is 5.75 Å². The zero-order valence-electron chi connectivity index (χ0n) is 20.8. The average molecular weight is 469 g/mol. The minimum absolute atomic E-state index is 0.574. The summed E-state index contributed by atoms with van der Waals surface area (Å²) in [6.45, 7) is 10.00. The molecule has 0 saturated carbocycles. The molecule has 0 aromatic heterocycles. The maximum Gasteiger partial charge on any atom is 0.120 e. The quantitative estimate of drug-likeness (QED) is 0.153. The van der Waals surface area contributed by atoms with Gasteiger partial charge in [0.2, 0.25) is 0 Å². The van der Waals surface area contributed by atoms with Crippen LogP contribution in [-0.4, -0.2) is 19.8 Å². The van der Waals surface area contributed by atoms with Crippen molar-refractivity contribution >= 4 is 12.2 Å². The lowest BCUT2D eigenvalue weighted by Gasteiger charge is -2.06. The highest BCUT2D eigenvalue weighted by molar-refractivity contribution is 5.52. The lowest BCUT2D eigenvalue weighted by molar-refractivity contribution is 0.194. The van der Waals surface area contributed by atoms with Crippen LogP contribution in [0.1, 0.15) is 29.2 Å². The molecule has 0 atom stereocenters. The van der Waals surface area contributed by atoms with Crippen molar-refractivity contribution in [3.63, 3.8) is 0 Å². The smallest absolute Gasteiger partial charge is 0.120 e. The van der Waals surface area contributed by atoms with Gasteiger partial charge in [-0.1, -0.05) is 103 Å². The van der Waals surface area contributed by atoms with E-state index in [1.807, 2.05) is 73.7 Å². The van der Waals surface area contributed by atoms with E-state index in [0.717, 1.165) is 16.9 Å². The molecule has 0 amide bonds.